The summed E-state index contributed by atoms with van der Waals surface area (Å²) in [6, 6.07) is 19.3. The molecule has 1 saturated heterocycles. The lowest BCUT2D eigenvalue weighted by Gasteiger charge is -2.38. The molecule has 38 heavy (non-hydrogen) atoms. The smallest absolute Gasteiger partial charge is 0.253 e. The Labute approximate surface area is 225 Å². The predicted molar refractivity (Wildman–Crippen MR) is 145 cm³/mol. The van der Waals surface area contributed by atoms with Crippen LogP contribution in [0, 0.1) is 0 Å². The molecule has 0 bridgehead atoms. The highest BCUT2D eigenvalue weighted by Gasteiger charge is 2.36. The third kappa shape index (κ3) is 5.31. The molecule has 0 spiro atoms. The standard InChI is InChI=1S/C27H27N5O4S2/c1-19-16-30(27(34)23-6-4-3-5-7-23)14-15-32(19)38(35,36)26-13-12-25(37-26)24-18-31(29-28-24)17-21-8-10-22(11-9-21)20(2)33/h3-13,18-19H,14-17H2,1-2H3/t19-/m1/s1. The molecule has 3 heterocycles. The Bertz CT molecular complexity index is 1560. The lowest BCUT2D eigenvalue weighted by molar-refractivity contribution is 0.0642. The first-order valence-electron chi connectivity index (χ1n) is 12.2. The summed E-state index contributed by atoms with van der Waals surface area (Å²) < 4.78 is 30.3. The molecule has 196 valence electrons. The van der Waals surface area contributed by atoms with Crippen molar-refractivity contribution in [2.24, 2.45) is 0 Å². The van der Waals surface area contributed by atoms with Crippen LogP contribution in [0.2, 0.25) is 0 Å². The molecule has 0 aliphatic carbocycles. The number of aromatic nitrogens is 3. The van der Waals surface area contributed by atoms with Crippen molar-refractivity contribution in [3.63, 3.8) is 0 Å². The van der Waals surface area contributed by atoms with E-state index in [2.05, 4.69) is 10.3 Å². The minimum Gasteiger partial charge on any atom is -0.336 e. The van der Waals surface area contributed by atoms with Crippen molar-refractivity contribution in [1.29, 1.82) is 0 Å². The average molecular weight is 550 g/mol. The van der Waals surface area contributed by atoms with Crippen LogP contribution >= 0.6 is 11.3 Å². The molecule has 4 aromatic rings. The van der Waals surface area contributed by atoms with E-state index in [4.69, 9.17) is 0 Å². The summed E-state index contributed by atoms with van der Waals surface area (Å²) in [6.45, 7) is 4.72. The summed E-state index contributed by atoms with van der Waals surface area (Å²) in [5.74, 6) is -0.0780. The number of carbonyl (C=O) groups excluding carboxylic acids is 2. The van der Waals surface area contributed by atoms with Gasteiger partial charge < -0.3 is 4.90 Å². The maximum Gasteiger partial charge on any atom is 0.253 e. The SMILES string of the molecule is CC(=O)c1ccc(Cn2cc(-c3ccc(S(=O)(=O)N4CCN(C(=O)c5ccccc5)C[C@H]4C)s3)nn2)cc1. The molecule has 5 rings (SSSR count). The maximum absolute atomic E-state index is 13.5. The minimum absolute atomic E-state index is 0.0139. The second-order valence-corrected chi connectivity index (χ2v) is 12.5. The van der Waals surface area contributed by atoms with Crippen LogP contribution in [0.25, 0.3) is 10.6 Å². The van der Waals surface area contributed by atoms with E-state index < -0.39 is 10.0 Å². The summed E-state index contributed by atoms with van der Waals surface area (Å²) in [6.07, 6.45) is 1.78. The Kier molecular flexibility index (Phi) is 7.24. The summed E-state index contributed by atoms with van der Waals surface area (Å²) in [7, 11) is -3.73. The Balaban J connectivity index is 1.26. The second-order valence-electron chi connectivity index (χ2n) is 9.26. The monoisotopic (exact) mass is 549 g/mol. The van der Waals surface area contributed by atoms with Gasteiger partial charge in [-0.15, -0.1) is 16.4 Å². The summed E-state index contributed by atoms with van der Waals surface area (Å²) in [5, 5.41) is 8.40. The Morgan fingerprint density at radius 1 is 0.974 bits per heavy atom. The molecule has 2 aromatic carbocycles. The molecule has 11 heteroatoms. The number of piperazine rings is 1. The van der Waals surface area contributed by atoms with Crippen LogP contribution in [0.5, 0.6) is 0 Å². The molecule has 0 N–H and O–H groups in total. The number of hydrogen-bond acceptors (Lipinski definition) is 7. The first kappa shape index (κ1) is 26.0. The van der Waals surface area contributed by atoms with E-state index in [1.54, 1.807) is 52.2 Å². The van der Waals surface area contributed by atoms with Crippen LogP contribution < -0.4 is 0 Å². The minimum atomic E-state index is -3.73. The van der Waals surface area contributed by atoms with Gasteiger partial charge in [-0.05, 0) is 43.7 Å². The highest BCUT2D eigenvalue weighted by molar-refractivity contribution is 7.91. The van der Waals surface area contributed by atoms with Gasteiger partial charge in [0.2, 0.25) is 0 Å². The first-order chi connectivity index (χ1) is 18.2. The number of thiophene rings is 1. The zero-order valence-corrected chi connectivity index (χ0v) is 22.7. The maximum atomic E-state index is 13.5. The summed E-state index contributed by atoms with van der Waals surface area (Å²) in [4.78, 5) is 26.7. The molecular formula is C27H27N5O4S2. The highest BCUT2D eigenvalue weighted by atomic mass is 32.2. The Morgan fingerprint density at radius 3 is 2.39 bits per heavy atom. The molecule has 2 aromatic heterocycles. The number of carbonyl (C=O) groups is 2. The van der Waals surface area contributed by atoms with E-state index in [1.807, 2.05) is 37.3 Å². The van der Waals surface area contributed by atoms with Crippen LogP contribution in [-0.4, -0.2) is 70.0 Å². The molecule has 1 aliphatic rings. The molecule has 0 saturated carbocycles. The number of Topliss-reactive ketones (excluding diaryl/α,β-unsaturated/α-hetero) is 1. The van der Waals surface area contributed by atoms with Gasteiger partial charge in [-0.2, -0.15) is 4.31 Å². The van der Waals surface area contributed by atoms with Crippen molar-refractivity contribution in [2.45, 2.75) is 30.6 Å². The fourth-order valence-electron chi connectivity index (χ4n) is 4.48. The van der Waals surface area contributed by atoms with Crippen molar-refractivity contribution in [3.05, 3.63) is 89.6 Å². The molecule has 1 fully saturated rings. The van der Waals surface area contributed by atoms with Gasteiger partial charge in [0.15, 0.2) is 5.78 Å². The fourth-order valence-corrected chi connectivity index (χ4v) is 7.48. The van der Waals surface area contributed by atoms with E-state index in [0.717, 1.165) is 16.9 Å². The predicted octanol–water partition coefficient (Wildman–Crippen LogP) is 3.79. The van der Waals surface area contributed by atoms with Crippen molar-refractivity contribution < 1.29 is 18.0 Å². The summed E-state index contributed by atoms with van der Waals surface area (Å²) in [5.41, 5.74) is 2.81. The van der Waals surface area contributed by atoms with E-state index in [9.17, 15) is 18.0 Å². The van der Waals surface area contributed by atoms with Gasteiger partial charge in [0, 0.05) is 36.8 Å². The van der Waals surface area contributed by atoms with E-state index in [1.165, 1.54) is 11.2 Å². The highest BCUT2D eigenvalue weighted by Crippen LogP contribution is 2.32. The number of rotatable bonds is 7. The van der Waals surface area contributed by atoms with Crippen LogP contribution in [0.1, 0.15) is 40.1 Å². The molecule has 0 unspecified atom stereocenters. The van der Waals surface area contributed by atoms with Crippen molar-refractivity contribution in [1.82, 2.24) is 24.2 Å². The molecule has 1 amide bonds. The Hall–Kier alpha value is -3.67. The molecule has 1 atom stereocenters. The number of benzene rings is 2. The zero-order chi connectivity index (χ0) is 26.9. The quantitative estimate of drug-likeness (QED) is 0.325. The number of hydrogen-bond donors (Lipinski definition) is 0. The van der Waals surface area contributed by atoms with Gasteiger partial charge >= 0.3 is 0 Å². The van der Waals surface area contributed by atoms with Crippen molar-refractivity contribution in [2.75, 3.05) is 19.6 Å². The molecular weight excluding hydrogens is 522 g/mol. The first-order valence-corrected chi connectivity index (χ1v) is 14.4. The normalized spacial score (nSPS) is 16.5. The van der Waals surface area contributed by atoms with Gasteiger partial charge in [-0.25, -0.2) is 13.1 Å². The van der Waals surface area contributed by atoms with Crippen molar-refractivity contribution >= 4 is 33.1 Å². The number of amides is 1. The average Bonchev–Trinajstić information content (AvgIpc) is 3.59. The Morgan fingerprint density at radius 2 is 1.71 bits per heavy atom. The second kappa shape index (κ2) is 10.6. The molecule has 0 radical (unpaired) electrons. The van der Waals surface area contributed by atoms with Gasteiger partial charge in [0.1, 0.15) is 9.90 Å². The van der Waals surface area contributed by atoms with Gasteiger partial charge in [0.05, 0.1) is 17.6 Å². The van der Waals surface area contributed by atoms with E-state index in [-0.39, 0.29) is 28.5 Å². The van der Waals surface area contributed by atoms with E-state index in [0.29, 0.717) is 41.3 Å². The lowest BCUT2D eigenvalue weighted by atomic mass is 10.1. The van der Waals surface area contributed by atoms with E-state index >= 15 is 0 Å². The largest absolute Gasteiger partial charge is 0.336 e. The lowest BCUT2D eigenvalue weighted by Crippen LogP contribution is -2.55. The van der Waals surface area contributed by atoms with Crippen LogP contribution in [0.3, 0.4) is 0 Å². The third-order valence-corrected chi connectivity index (χ3v) is 10.1. The number of nitrogens with zero attached hydrogens (tertiary/aromatic N) is 5. The number of sulfonamides is 1. The number of ketones is 1. The van der Waals surface area contributed by atoms with Gasteiger partial charge in [-0.3, -0.25) is 9.59 Å². The zero-order valence-electron chi connectivity index (χ0n) is 21.0. The van der Waals surface area contributed by atoms with Crippen LogP contribution in [0.15, 0.2) is 77.1 Å². The van der Waals surface area contributed by atoms with Gasteiger partial charge in [-0.1, -0.05) is 47.7 Å². The van der Waals surface area contributed by atoms with Crippen LogP contribution in [-0.2, 0) is 16.6 Å². The molecule has 1 aliphatic heterocycles. The molecule has 9 nitrogen and oxygen atoms in total. The topological polar surface area (TPSA) is 105 Å². The van der Waals surface area contributed by atoms with Crippen LogP contribution in [0.4, 0.5) is 0 Å². The van der Waals surface area contributed by atoms with Crippen molar-refractivity contribution in [3.8, 4) is 10.6 Å². The summed E-state index contributed by atoms with van der Waals surface area (Å²) >= 11 is 1.15. The fraction of sp³-hybridized carbons (Fsp3) is 0.259. The van der Waals surface area contributed by atoms with Gasteiger partial charge in [0.25, 0.3) is 15.9 Å². The third-order valence-electron chi connectivity index (χ3n) is 6.51.